The van der Waals surface area contributed by atoms with E-state index in [1.54, 1.807) is 0 Å². The highest BCUT2D eigenvalue weighted by Crippen LogP contribution is 2.40. The highest BCUT2D eigenvalue weighted by Gasteiger charge is 2.56. The van der Waals surface area contributed by atoms with Crippen molar-refractivity contribution in [1.82, 2.24) is 10.3 Å². The third kappa shape index (κ3) is 3.62. The van der Waals surface area contributed by atoms with E-state index in [4.69, 9.17) is 4.74 Å². The Bertz CT molecular complexity index is 811. The van der Waals surface area contributed by atoms with Crippen LogP contribution in [0.4, 0.5) is 17.6 Å². The molecule has 1 heterocycles. The van der Waals surface area contributed by atoms with Crippen LogP contribution >= 0.6 is 0 Å². The van der Waals surface area contributed by atoms with Crippen LogP contribution in [0.2, 0.25) is 0 Å². The maximum atomic E-state index is 13.5. The summed E-state index contributed by atoms with van der Waals surface area (Å²) in [6.07, 6.45) is -5.05. The zero-order valence-corrected chi connectivity index (χ0v) is 13.9. The second kappa shape index (κ2) is 7.28. The zero-order chi connectivity index (χ0) is 19.5. The number of aryl methyl sites for hydroxylation is 1. The number of benzene rings is 1. The first-order valence-electron chi connectivity index (χ1n) is 7.42. The Labute approximate surface area is 146 Å². The fourth-order valence-electron chi connectivity index (χ4n) is 2.37. The number of rotatable bonds is 6. The Kier molecular flexibility index (Phi) is 5.50. The molecule has 1 atom stereocenters. The Morgan fingerprint density at radius 2 is 1.96 bits per heavy atom. The molecule has 0 aliphatic carbocycles. The Balaban J connectivity index is 2.64. The Morgan fingerprint density at radius 3 is 2.50 bits per heavy atom. The number of hydrogen-bond acceptors (Lipinski definition) is 4. The molecule has 9 heteroatoms. The normalized spacial score (nSPS) is 13.8. The van der Waals surface area contributed by atoms with Crippen molar-refractivity contribution in [3.8, 4) is 17.0 Å². The minimum atomic E-state index is -5.10. The number of pyridine rings is 1. The van der Waals surface area contributed by atoms with Crippen LogP contribution in [0.3, 0.4) is 0 Å². The number of alkyl halides is 3. The van der Waals surface area contributed by atoms with Gasteiger partial charge in [-0.2, -0.15) is 13.2 Å². The predicted octanol–water partition coefficient (Wildman–Crippen LogP) is 2.70. The van der Waals surface area contributed by atoms with Gasteiger partial charge in [-0.15, -0.1) is 0 Å². The lowest BCUT2D eigenvalue weighted by atomic mass is 9.96. The number of methoxy groups -OCH3 is 1. The molecule has 5 nitrogen and oxygen atoms in total. The number of aromatic nitrogens is 1. The maximum absolute atomic E-state index is 13.5. The SMILES string of the molecule is COc1ccc(C(O)(CNC=O)C(F)(F)F)nc1-c1ccc(F)c(C)c1. The Hall–Kier alpha value is -2.68. The number of aliphatic hydroxyl groups is 1. The first-order valence-corrected chi connectivity index (χ1v) is 7.42. The van der Waals surface area contributed by atoms with Crippen LogP contribution in [0.1, 0.15) is 11.3 Å². The van der Waals surface area contributed by atoms with Gasteiger partial charge in [0.05, 0.1) is 19.3 Å². The van der Waals surface area contributed by atoms with Gasteiger partial charge in [0.25, 0.3) is 0 Å². The largest absolute Gasteiger partial charge is 0.494 e. The Morgan fingerprint density at radius 1 is 1.27 bits per heavy atom. The van der Waals surface area contributed by atoms with Gasteiger partial charge in [0.15, 0.2) is 0 Å². The fourth-order valence-corrected chi connectivity index (χ4v) is 2.37. The van der Waals surface area contributed by atoms with Crippen molar-refractivity contribution in [2.45, 2.75) is 18.7 Å². The van der Waals surface area contributed by atoms with Crippen LogP contribution in [0.5, 0.6) is 5.75 Å². The third-order valence-corrected chi connectivity index (χ3v) is 3.84. The molecule has 1 unspecified atom stereocenters. The minimum Gasteiger partial charge on any atom is -0.494 e. The van der Waals surface area contributed by atoms with E-state index in [-0.39, 0.29) is 23.4 Å². The van der Waals surface area contributed by atoms with E-state index in [1.165, 1.54) is 32.2 Å². The van der Waals surface area contributed by atoms with Gasteiger partial charge >= 0.3 is 6.18 Å². The summed E-state index contributed by atoms with van der Waals surface area (Å²) in [5, 5.41) is 12.0. The van der Waals surface area contributed by atoms with E-state index in [0.717, 1.165) is 12.1 Å². The van der Waals surface area contributed by atoms with E-state index in [1.807, 2.05) is 5.32 Å². The van der Waals surface area contributed by atoms with Crippen molar-refractivity contribution in [2.75, 3.05) is 13.7 Å². The molecule has 2 N–H and O–H groups in total. The molecule has 1 aromatic heterocycles. The summed E-state index contributed by atoms with van der Waals surface area (Å²) in [7, 11) is 1.31. The van der Waals surface area contributed by atoms with Crippen molar-refractivity contribution in [2.24, 2.45) is 0 Å². The predicted molar refractivity (Wildman–Crippen MR) is 84.9 cm³/mol. The monoisotopic (exact) mass is 372 g/mol. The van der Waals surface area contributed by atoms with Crippen molar-refractivity contribution in [3.63, 3.8) is 0 Å². The number of nitrogens with zero attached hydrogens (tertiary/aromatic N) is 1. The molecular weight excluding hydrogens is 356 g/mol. The number of ether oxygens (including phenoxy) is 1. The van der Waals surface area contributed by atoms with Crippen LogP contribution < -0.4 is 10.1 Å². The van der Waals surface area contributed by atoms with E-state index >= 15 is 0 Å². The van der Waals surface area contributed by atoms with Crippen molar-refractivity contribution < 1.29 is 32.2 Å². The lowest BCUT2D eigenvalue weighted by Gasteiger charge is -2.30. The van der Waals surface area contributed by atoms with Gasteiger partial charge in [0.2, 0.25) is 12.0 Å². The fraction of sp³-hybridized carbons (Fsp3) is 0.294. The quantitative estimate of drug-likeness (QED) is 0.604. The van der Waals surface area contributed by atoms with Crippen molar-refractivity contribution in [3.05, 3.63) is 47.4 Å². The van der Waals surface area contributed by atoms with Gasteiger partial charge in [0, 0.05) is 5.56 Å². The number of amides is 1. The molecule has 26 heavy (non-hydrogen) atoms. The van der Waals surface area contributed by atoms with Gasteiger partial charge < -0.3 is 15.2 Å². The molecule has 0 saturated heterocycles. The summed E-state index contributed by atoms with van der Waals surface area (Å²) in [5.74, 6) is -0.335. The van der Waals surface area contributed by atoms with Gasteiger partial charge in [0.1, 0.15) is 17.3 Å². The highest BCUT2D eigenvalue weighted by atomic mass is 19.4. The lowest BCUT2D eigenvalue weighted by Crippen LogP contribution is -2.50. The van der Waals surface area contributed by atoms with E-state index in [9.17, 15) is 27.5 Å². The molecule has 0 radical (unpaired) electrons. The molecule has 0 saturated carbocycles. The van der Waals surface area contributed by atoms with Gasteiger partial charge in [-0.05, 0) is 42.8 Å². The molecule has 0 aliphatic heterocycles. The molecule has 2 aromatic rings. The molecule has 0 spiro atoms. The summed E-state index contributed by atoms with van der Waals surface area (Å²) in [6, 6.07) is 6.07. The van der Waals surface area contributed by atoms with Crippen molar-refractivity contribution in [1.29, 1.82) is 0 Å². The van der Waals surface area contributed by atoms with Crippen molar-refractivity contribution >= 4 is 6.41 Å². The molecule has 0 bridgehead atoms. The molecule has 1 amide bonds. The van der Waals surface area contributed by atoms with E-state index < -0.39 is 29.8 Å². The molecular formula is C17H16F4N2O3. The summed E-state index contributed by atoms with van der Waals surface area (Å²) in [6.45, 7) is 0.385. The first kappa shape index (κ1) is 19.6. The van der Waals surface area contributed by atoms with Gasteiger partial charge in [-0.1, -0.05) is 0 Å². The molecule has 0 fully saturated rings. The standard InChI is InChI=1S/C17H16F4N2O3/c1-10-7-11(3-4-12(10)18)15-13(26-2)5-6-14(23-15)16(25,8-22-9-24)17(19,20)21/h3-7,9,25H,8H2,1-2H3,(H,22,24). The molecule has 0 aliphatic rings. The summed E-state index contributed by atoms with van der Waals surface area (Å²) >= 11 is 0. The van der Waals surface area contributed by atoms with E-state index in [0.29, 0.717) is 5.56 Å². The first-order chi connectivity index (χ1) is 12.1. The summed E-state index contributed by atoms with van der Waals surface area (Å²) in [5.41, 5.74) is -3.54. The highest BCUT2D eigenvalue weighted by molar-refractivity contribution is 5.67. The summed E-state index contributed by atoms with van der Waals surface area (Å²) in [4.78, 5) is 14.3. The van der Waals surface area contributed by atoms with Crippen LogP contribution in [0.15, 0.2) is 30.3 Å². The summed E-state index contributed by atoms with van der Waals surface area (Å²) < 4.78 is 58.9. The number of carbonyl (C=O) groups is 1. The third-order valence-electron chi connectivity index (χ3n) is 3.84. The smallest absolute Gasteiger partial charge is 0.424 e. The number of nitrogens with one attached hydrogen (secondary N) is 1. The molecule has 2 rings (SSSR count). The minimum absolute atomic E-state index is 0.00174. The maximum Gasteiger partial charge on any atom is 0.424 e. The second-order valence-electron chi connectivity index (χ2n) is 5.57. The average Bonchev–Trinajstić information content (AvgIpc) is 2.60. The van der Waals surface area contributed by atoms with Crippen LogP contribution in [0, 0.1) is 12.7 Å². The van der Waals surface area contributed by atoms with Gasteiger partial charge in [-0.3, -0.25) is 4.79 Å². The second-order valence-corrected chi connectivity index (χ2v) is 5.57. The van der Waals surface area contributed by atoms with Gasteiger partial charge in [-0.25, -0.2) is 9.37 Å². The van der Waals surface area contributed by atoms with Crippen LogP contribution in [-0.4, -0.2) is 36.3 Å². The number of halogens is 4. The molecule has 1 aromatic carbocycles. The number of hydrogen-bond donors (Lipinski definition) is 2. The lowest BCUT2D eigenvalue weighted by molar-refractivity contribution is -0.265. The molecule has 140 valence electrons. The topological polar surface area (TPSA) is 71.5 Å². The number of carbonyl (C=O) groups excluding carboxylic acids is 1. The zero-order valence-electron chi connectivity index (χ0n) is 13.9. The van der Waals surface area contributed by atoms with Crippen LogP contribution in [-0.2, 0) is 10.4 Å². The average molecular weight is 372 g/mol. The van der Waals surface area contributed by atoms with Crippen LogP contribution in [0.25, 0.3) is 11.3 Å². The van der Waals surface area contributed by atoms with E-state index in [2.05, 4.69) is 4.98 Å².